The Kier molecular flexibility index (Phi) is 8.85. The average Bonchev–Trinajstić information content (AvgIpc) is 3.26. The number of nitrogens with zero attached hydrogens (tertiary/aromatic N) is 2. The van der Waals surface area contributed by atoms with E-state index in [4.69, 9.17) is 0 Å². The maximum absolute atomic E-state index is 13.0. The molecule has 164 valence electrons. The Balaban J connectivity index is 0.00000320. The highest BCUT2D eigenvalue weighted by Crippen LogP contribution is 2.24. The van der Waals surface area contributed by atoms with E-state index in [9.17, 15) is 13.2 Å². The molecule has 0 bridgehead atoms. The number of likely N-dealkylation sites (tertiary alicyclic amines) is 1. The summed E-state index contributed by atoms with van der Waals surface area (Å²) in [5.41, 5.74) is 1.93. The highest BCUT2D eigenvalue weighted by atomic mass is 35.5. The summed E-state index contributed by atoms with van der Waals surface area (Å²) in [5.74, 6) is 0.0160. The van der Waals surface area contributed by atoms with Crippen molar-refractivity contribution in [2.24, 2.45) is 0 Å². The highest BCUT2D eigenvalue weighted by Gasteiger charge is 2.25. The Labute approximate surface area is 185 Å². The number of nitrogens with one attached hydrogen (secondary N) is 1. The van der Waals surface area contributed by atoms with Crippen LogP contribution in [0.25, 0.3) is 0 Å². The SMILES string of the molecule is CNS(=O)(=O)c1ccc(CC(=O)N(C)[C@H](CN2CCCC2)c2ccccc2)cc1.Cl. The molecule has 1 N–H and O–H groups in total. The van der Waals surface area contributed by atoms with Gasteiger partial charge in [0.15, 0.2) is 0 Å². The molecular weight excluding hydrogens is 422 g/mol. The molecule has 8 heteroatoms. The molecule has 1 atom stereocenters. The first-order chi connectivity index (χ1) is 13.9. The zero-order chi connectivity index (χ0) is 20.9. The number of hydrogen-bond acceptors (Lipinski definition) is 4. The van der Waals surface area contributed by atoms with E-state index in [2.05, 4.69) is 21.8 Å². The first-order valence-electron chi connectivity index (χ1n) is 9.96. The zero-order valence-corrected chi connectivity index (χ0v) is 19.1. The molecule has 1 amide bonds. The van der Waals surface area contributed by atoms with Crippen molar-refractivity contribution in [1.29, 1.82) is 0 Å². The Morgan fingerprint density at radius 2 is 1.67 bits per heavy atom. The number of carbonyl (C=O) groups excluding carboxylic acids is 1. The van der Waals surface area contributed by atoms with Crippen LogP contribution in [0.4, 0.5) is 0 Å². The Morgan fingerprint density at radius 3 is 2.23 bits per heavy atom. The smallest absolute Gasteiger partial charge is 0.240 e. The van der Waals surface area contributed by atoms with Crippen molar-refractivity contribution < 1.29 is 13.2 Å². The van der Waals surface area contributed by atoms with Gasteiger partial charge in [-0.05, 0) is 56.2 Å². The fraction of sp³-hybridized carbons (Fsp3) is 0.409. The summed E-state index contributed by atoms with van der Waals surface area (Å²) in [7, 11) is -0.236. The second kappa shape index (κ2) is 10.9. The van der Waals surface area contributed by atoms with Crippen LogP contribution in [-0.2, 0) is 21.2 Å². The second-order valence-corrected chi connectivity index (χ2v) is 9.35. The van der Waals surface area contributed by atoms with Gasteiger partial charge < -0.3 is 9.80 Å². The number of hydrogen-bond donors (Lipinski definition) is 1. The lowest BCUT2D eigenvalue weighted by Gasteiger charge is -2.32. The minimum atomic E-state index is -3.47. The van der Waals surface area contributed by atoms with E-state index >= 15 is 0 Å². The molecule has 2 aromatic rings. The summed E-state index contributed by atoms with van der Waals surface area (Å²) < 4.78 is 26.0. The minimum Gasteiger partial charge on any atom is -0.337 e. The van der Waals surface area contributed by atoms with Gasteiger partial charge >= 0.3 is 0 Å². The van der Waals surface area contributed by atoms with Crippen LogP contribution in [0.2, 0.25) is 0 Å². The van der Waals surface area contributed by atoms with E-state index in [0.717, 1.165) is 30.8 Å². The van der Waals surface area contributed by atoms with Gasteiger partial charge in [-0.1, -0.05) is 42.5 Å². The number of amides is 1. The largest absolute Gasteiger partial charge is 0.337 e. The summed E-state index contributed by atoms with van der Waals surface area (Å²) in [6.45, 7) is 2.98. The van der Waals surface area contributed by atoms with Crippen LogP contribution in [0, 0.1) is 0 Å². The topological polar surface area (TPSA) is 69.7 Å². The van der Waals surface area contributed by atoms with Gasteiger partial charge in [0.05, 0.1) is 17.4 Å². The first-order valence-corrected chi connectivity index (χ1v) is 11.4. The van der Waals surface area contributed by atoms with E-state index in [-0.39, 0.29) is 35.7 Å². The third-order valence-electron chi connectivity index (χ3n) is 5.53. The number of benzene rings is 2. The van der Waals surface area contributed by atoms with Crippen LogP contribution < -0.4 is 4.72 Å². The van der Waals surface area contributed by atoms with Crippen LogP contribution in [0.1, 0.15) is 30.0 Å². The molecule has 0 aromatic heterocycles. The number of rotatable bonds is 8. The fourth-order valence-electron chi connectivity index (χ4n) is 3.71. The van der Waals surface area contributed by atoms with Gasteiger partial charge in [0.1, 0.15) is 0 Å². The molecule has 0 saturated carbocycles. The summed E-state index contributed by atoms with van der Waals surface area (Å²) >= 11 is 0. The van der Waals surface area contributed by atoms with Gasteiger partial charge in [-0.3, -0.25) is 4.79 Å². The van der Waals surface area contributed by atoms with Crippen molar-refractivity contribution in [3.63, 3.8) is 0 Å². The third-order valence-corrected chi connectivity index (χ3v) is 6.96. The lowest BCUT2D eigenvalue weighted by atomic mass is 10.0. The van der Waals surface area contributed by atoms with Crippen LogP contribution in [0.3, 0.4) is 0 Å². The molecule has 1 heterocycles. The quantitative estimate of drug-likeness (QED) is 0.670. The van der Waals surface area contributed by atoms with Gasteiger partial charge in [-0.15, -0.1) is 12.4 Å². The second-order valence-electron chi connectivity index (χ2n) is 7.47. The van der Waals surface area contributed by atoms with E-state index in [0.29, 0.717) is 0 Å². The molecule has 6 nitrogen and oxygen atoms in total. The number of carbonyl (C=O) groups is 1. The number of halogens is 1. The Bertz CT molecular complexity index is 914. The molecular formula is C22H30ClN3O3S. The van der Waals surface area contributed by atoms with Crippen molar-refractivity contribution in [1.82, 2.24) is 14.5 Å². The fourth-order valence-corrected chi connectivity index (χ4v) is 4.44. The van der Waals surface area contributed by atoms with Crippen LogP contribution in [-0.4, -0.2) is 57.9 Å². The first kappa shape index (κ1) is 24.3. The monoisotopic (exact) mass is 451 g/mol. The van der Waals surface area contributed by atoms with Gasteiger partial charge in [0.25, 0.3) is 0 Å². The lowest BCUT2D eigenvalue weighted by molar-refractivity contribution is -0.131. The maximum Gasteiger partial charge on any atom is 0.240 e. The summed E-state index contributed by atoms with van der Waals surface area (Å²) in [4.78, 5) is 17.5. The highest BCUT2D eigenvalue weighted by molar-refractivity contribution is 7.89. The molecule has 0 aliphatic carbocycles. The summed E-state index contributed by atoms with van der Waals surface area (Å²) in [5, 5.41) is 0. The summed E-state index contributed by atoms with van der Waals surface area (Å²) in [6, 6.07) is 16.6. The molecule has 1 aliphatic heterocycles. The van der Waals surface area contributed by atoms with Crippen LogP contribution >= 0.6 is 12.4 Å². The van der Waals surface area contributed by atoms with Gasteiger partial charge in [0.2, 0.25) is 15.9 Å². The Morgan fingerprint density at radius 1 is 1.07 bits per heavy atom. The predicted molar refractivity (Wildman–Crippen MR) is 121 cm³/mol. The average molecular weight is 452 g/mol. The molecule has 1 fully saturated rings. The third kappa shape index (κ3) is 6.04. The van der Waals surface area contributed by atoms with E-state index in [1.807, 2.05) is 30.1 Å². The molecule has 0 unspecified atom stereocenters. The normalized spacial score (nSPS) is 15.4. The number of sulfonamides is 1. The van der Waals surface area contributed by atoms with Gasteiger partial charge in [0, 0.05) is 13.6 Å². The molecule has 2 aromatic carbocycles. The predicted octanol–water partition coefficient (Wildman–Crippen LogP) is 2.85. The van der Waals surface area contributed by atoms with Crippen molar-refractivity contribution >= 4 is 28.3 Å². The molecule has 30 heavy (non-hydrogen) atoms. The van der Waals surface area contributed by atoms with Crippen molar-refractivity contribution in [2.45, 2.75) is 30.2 Å². The van der Waals surface area contributed by atoms with E-state index in [1.165, 1.54) is 32.0 Å². The van der Waals surface area contributed by atoms with Crippen molar-refractivity contribution in [3.05, 3.63) is 65.7 Å². The minimum absolute atomic E-state index is 0. The summed E-state index contributed by atoms with van der Waals surface area (Å²) in [6.07, 6.45) is 2.65. The van der Waals surface area contributed by atoms with E-state index < -0.39 is 10.0 Å². The number of likely N-dealkylation sites (N-methyl/N-ethyl adjacent to an activating group) is 1. The van der Waals surface area contributed by atoms with E-state index in [1.54, 1.807) is 12.1 Å². The molecule has 0 spiro atoms. The van der Waals surface area contributed by atoms with Crippen molar-refractivity contribution in [2.75, 3.05) is 33.7 Å². The van der Waals surface area contributed by atoms with Gasteiger partial charge in [-0.2, -0.15) is 0 Å². The maximum atomic E-state index is 13.0. The van der Waals surface area contributed by atoms with Crippen LogP contribution in [0.15, 0.2) is 59.5 Å². The van der Waals surface area contributed by atoms with Crippen LogP contribution in [0.5, 0.6) is 0 Å². The van der Waals surface area contributed by atoms with Crippen molar-refractivity contribution in [3.8, 4) is 0 Å². The Hall–Kier alpha value is -1.93. The standard InChI is InChI=1S/C22H29N3O3S.ClH/c1-23-29(27,28)20-12-10-18(11-13-20)16-22(26)24(2)21(17-25-14-6-7-15-25)19-8-4-3-5-9-19;/h3-5,8-13,21,23H,6-7,14-17H2,1-2H3;1H/t21-;/m1./s1. The molecule has 0 radical (unpaired) electrons. The lowest BCUT2D eigenvalue weighted by Crippen LogP contribution is -2.39. The van der Waals surface area contributed by atoms with Gasteiger partial charge in [-0.25, -0.2) is 13.1 Å². The molecule has 3 rings (SSSR count). The zero-order valence-electron chi connectivity index (χ0n) is 17.5. The molecule has 1 aliphatic rings. The molecule has 1 saturated heterocycles.